The summed E-state index contributed by atoms with van der Waals surface area (Å²) in [5.41, 5.74) is -3.15. The van der Waals surface area contributed by atoms with Crippen LogP contribution >= 0.6 is 0 Å². The average molecular weight is 505 g/mol. The summed E-state index contributed by atoms with van der Waals surface area (Å²) in [6, 6.07) is 4.93. The Morgan fingerprint density at radius 1 is 1.20 bits per heavy atom. The fourth-order valence-corrected chi connectivity index (χ4v) is 3.98. The van der Waals surface area contributed by atoms with Gasteiger partial charge in [-0.15, -0.1) is 0 Å². The van der Waals surface area contributed by atoms with Gasteiger partial charge in [0.05, 0.1) is 0 Å². The summed E-state index contributed by atoms with van der Waals surface area (Å²) in [6.07, 6.45) is -5.57. The summed E-state index contributed by atoms with van der Waals surface area (Å²) in [5.74, 6) is -6.21. The first-order valence-electron chi connectivity index (χ1n) is 10.3. The molecule has 4 atom stereocenters. The Morgan fingerprint density at radius 2 is 1.89 bits per heavy atom. The molecule has 1 fully saturated rings. The molecule has 13 heteroatoms. The summed E-state index contributed by atoms with van der Waals surface area (Å²) in [5, 5.41) is 4.71. The number of hydrogen-bond acceptors (Lipinski definition) is 5. The Balaban J connectivity index is 2.04. The van der Waals surface area contributed by atoms with Crippen molar-refractivity contribution in [3.8, 4) is 5.75 Å². The van der Waals surface area contributed by atoms with Gasteiger partial charge in [-0.3, -0.25) is 14.6 Å². The van der Waals surface area contributed by atoms with Crippen molar-refractivity contribution >= 4 is 17.5 Å². The lowest BCUT2D eigenvalue weighted by molar-refractivity contribution is -0.272. The fraction of sp³-hybridized carbons (Fsp3) is 0.409. The third-order valence-corrected chi connectivity index (χ3v) is 5.96. The summed E-state index contributed by atoms with van der Waals surface area (Å²) in [7, 11) is 1.35. The van der Waals surface area contributed by atoms with Crippen LogP contribution in [0.4, 0.5) is 32.0 Å². The molecule has 2 N–H and O–H groups in total. The second-order valence-corrected chi connectivity index (χ2v) is 8.02. The molecule has 35 heavy (non-hydrogen) atoms. The first kappa shape index (κ1) is 26.3. The van der Waals surface area contributed by atoms with Crippen LogP contribution in [0.2, 0.25) is 0 Å². The van der Waals surface area contributed by atoms with E-state index in [0.717, 1.165) is 26.0 Å². The Bertz CT molecular complexity index is 1110. The minimum atomic E-state index is -4.94. The minimum absolute atomic E-state index is 0.0300. The lowest BCUT2D eigenvalue weighted by Crippen LogP contribution is -2.47. The molecule has 0 radical (unpaired) electrons. The van der Waals surface area contributed by atoms with Gasteiger partial charge in [0.1, 0.15) is 23.4 Å². The highest BCUT2D eigenvalue weighted by atomic mass is 19.4. The zero-order chi connectivity index (χ0) is 26.1. The fourth-order valence-electron chi connectivity index (χ4n) is 3.98. The lowest BCUT2D eigenvalue weighted by Gasteiger charge is -2.32. The first-order valence-corrected chi connectivity index (χ1v) is 10.3. The van der Waals surface area contributed by atoms with E-state index in [2.05, 4.69) is 20.4 Å². The van der Waals surface area contributed by atoms with Crippen LogP contribution in [0.1, 0.15) is 35.8 Å². The Labute approximate surface area is 195 Å². The minimum Gasteiger partial charge on any atom is -0.434 e. The van der Waals surface area contributed by atoms with Crippen molar-refractivity contribution in [1.82, 2.24) is 10.3 Å². The van der Waals surface area contributed by atoms with Gasteiger partial charge in [-0.1, -0.05) is 13.0 Å². The number of rotatable bonds is 6. The summed E-state index contributed by atoms with van der Waals surface area (Å²) in [4.78, 5) is 28.7. The molecule has 0 unspecified atom stereocenters. The van der Waals surface area contributed by atoms with E-state index < -0.39 is 59.7 Å². The number of halogens is 6. The number of benzene rings is 1. The first-order chi connectivity index (χ1) is 16.3. The zero-order valence-electron chi connectivity index (χ0n) is 18.6. The molecule has 2 aromatic rings. The Kier molecular flexibility index (Phi) is 7.29. The molecule has 0 bridgehead atoms. The van der Waals surface area contributed by atoms with Crippen LogP contribution in [0, 0.1) is 11.7 Å². The van der Waals surface area contributed by atoms with Crippen molar-refractivity contribution in [1.29, 1.82) is 0 Å². The van der Waals surface area contributed by atoms with Gasteiger partial charge in [0.15, 0.2) is 5.60 Å². The van der Waals surface area contributed by atoms with E-state index in [1.165, 1.54) is 25.4 Å². The zero-order valence-corrected chi connectivity index (χ0v) is 18.6. The van der Waals surface area contributed by atoms with Crippen LogP contribution in [0.5, 0.6) is 5.75 Å². The molecule has 1 saturated heterocycles. The van der Waals surface area contributed by atoms with E-state index >= 15 is 0 Å². The predicted molar refractivity (Wildman–Crippen MR) is 111 cm³/mol. The molecule has 190 valence electrons. The number of carbonyl (C=O) groups excluding carboxylic acids is 2. The van der Waals surface area contributed by atoms with Crippen LogP contribution in [0.15, 0.2) is 36.5 Å². The largest absolute Gasteiger partial charge is 0.434 e. The number of anilines is 1. The Morgan fingerprint density at radius 3 is 2.49 bits per heavy atom. The van der Waals surface area contributed by atoms with Crippen molar-refractivity contribution in [2.75, 3.05) is 12.4 Å². The van der Waals surface area contributed by atoms with Crippen molar-refractivity contribution in [3.05, 3.63) is 53.6 Å². The number of hydrogen-bond donors (Lipinski definition) is 2. The van der Waals surface area contributed by atoms with Gasteiger partial charge in [-0.05, 0) is 25.1 Å². The van der Waals surface area contributed by atoms with E-state index in [0.29, 0.717) is 6.07 Å². The maximum atomic E-state index is 14.0. The van der Waals surface area contributed by atoms with Crippen LogP contribution in [-0.4, -0.2) is 48.3 Å². The summed E-state index contributed by atoms with van der Waals surface area (Å²) >= 11 is 0. The van der Waals surface area contributed by atoms with Crippen LogP contribution in [0.3, 0.4) is 0 Å². The van der Waals surface area contributed by atoms with Crippen LogP contribution in [-0.2, 0) is 9.53 Å². The van der Waals surface area contributed by atoms with Crippen LogP contribution in [0.25, 0.3) is 0 Å². The van der Waals surface area contributed by atoms with Gasteiger partial charge in [0.2, 0.25) is 0 Å². The van der Waals surface area contributed by atoms with E-state index in [1.807, 2.05) is 0 Å². The third kappa shape index (κ3) is 5.19. The molecule has 7 nitrogen and oxygen atoms in total. The Hall–Kier alpha value is -3.35. The number of carbonyl (C=O) groups is 2. The maximum Gasteiger partial charge on any atom is 0.417 e. The molecule has 1 aromatic heterocycles. The standard InChI is InChI=1S/C22H21F6N3O4/c1-10-16(13-5-4-11(23)8-15(13)34-20(24)25)17(35-21(10,2)22(26,27)28)19(33)31-12-6-7-30-14(9-12)18(32)29-3/h4-10,16-17,20H,1-3H3,(H,29,32)(H,30,31,33)/t10-,16+,17-,21+/m0/s1. The monoisotopic (exact) mass is 505 g/mol. The summed E-state index contributed by atoms with van der Waals surface area (Å²) in [6.45, 7) is -1.50. The summed E-state index contributed by atoms with van der Waals surface area (Å²) < 4.78 is 91.2. The van der Waals surface area contributed by atoms with E-state index in [1.54, 1.807) is 0 Å². The van der Waals surface area contributed by atoms with Gasteiger partial charge >= 0.3 is 12.8 Å². The van der Waals surface area contributed by atoms with Crippen LogP contribution < -0.4 is 15.4 Å². The van der Waals surface area contributed by atoms with E-state index in [9.17, 15) is 35.9 Å². The molecule has 3 rings (SSSR count). The predicted octanol–water partition coefficient (Wildman–Crippen LogP) is 4.26. The molecule has 2 amide bonds. The number of nitrogens with one attached hydrogen (secondary N) is 2. The second-order valence-electron chi connectivity index (χ2n) is 8.02. The van der Waals surface area contributed by atoms with Gasteiger partial charge in [0, 0.05) is 42.4 Å². The van der Waals surface area contributed by atoms with Gasteiger partial charge < -0.3 is 20.1 Å². The number of pyridine rings is 1. The number of alkyl halides is 5. The molecule has 0 spiro atoms. The SMILES string of the molecule is CNC(=O)c1cc(NC(=O)[C@H]2O[C@@](C)(C(F)(F)F)[C@@H](C)[C@@H]2c2ccc(F)cc2OC(F)F)ccn1. The smallest absolute Gasteiger partial charge is 0.417 e. The van der Waals surface area contributed by atoms with Gasteiger partial charge in [-0.25, -0.2) is 4.39 Å². The van der Waals surface area contributed by atoms with Crippen molar-refractivity contribution < 1.29 is 45.4 Å². The second kappa shape index (κ2) is 9.72. The quantitative estimate of drug-likeness (QED) is 0.573. The topological polar surface area (TPSA) is 89.6 Å². The number of nitrogens with zero attached hydrogens (tertiary/aromatic N) is 1. The number of ether oxygens (including phenoxy) is 2. The highest BCUT2D eigenvalue weighted by Crippen LogP contribution is 2.54. The molecule has 0 aliphatic carbocycles. The van der Waals surface area contributed by atoms with E-state index in [4.69, 9.17) is 4.74 Å². The number of aromatic nitrogens is 1. The molecular weight excluding hydrogens is 484 g/mol. The molecule has 1 aromatic carbocycles. The van der Waals surface area contributed by atoms with Crippen molar-refractivity contribution in [2.24, 2.45) is 5.92 Å². The molecule has 1 aliphatic heterocycles. The maximum absolute atomic E-state index is 14.0. The van der Waals surface area contributed by atoms with E-state index in [-0.39, 0.29) is 16.9 Å². The van der Waals surface area contributed by atoms with Crippen molar-refractivity contribution in [3.63, 3.8) is 0 Å². The number of amides is 2. The average Bonchev–Trinajstić information content (AvgIpc) is 3.05. The van der Waals surface area contributed by atoms with Gasteiger partial charge in [-0.2, -0.15) is 22.0 Å². The highest BCUT2D eigenvalue weighted by Gasteiger charge is 2.65. The third-order valence-electron chi connectivity index (χ3n) is 5.96. The van der Waals surface area contributed by atoms with Crippen molar-refractivity contribution in [2.45, 2.75) is 44.3 Å². The molecule has 0 saturated carbocycles. The highest BCUT2D eigenvalue weighted by molar-refractivity contribution is 5.97. The normalized spacial score (nSPS) is 24.3. The molecule has 1 aliphatic rings. The lowest BCUT2D eigenvalue weighted by atomic mass is 9.77. The molecule has 2 heterocycles. The molecular formula is C22H21F6N3O4. The van der Waals surface area contributed by atoms with Gasteiger partial charge in [0.25, 0.3) is 11.8 Å².